The number of phenols is 1. The maximum Gasteiger partial charge on any atom is 0.348 e. The van der Waals surface area contributed by atoms with E-state index < -0.39 is 5.60 Å². The van der Waals surface area contributed by atoms with Crippen LogP contribution in [0.15, 0.2) is 18.2 Å². The average Bonchev–Trinajstić information content (AvgIpc) is 2.68. The molecule has 1 heterocycles. The second-order valence-corrected chi connectivity index (χ2v) is 6.26. The Bertz CT molecular complexity index is 622. The van der Waals surface area contributed by atoms with Gasteiger partial charge in [0, 0.05) is 10.8 Å². The Balaban J connectivity index is 2.39. The number of hydrogen-bond donors (Lipinski definition) is 1. The van der Waals surface area contributed by atoms with Gasteiger partial charge >= 0.3 is 5.97 Å². The van der Waals surface area contributed by atoms with E-state index in [2.05, 4.69) is 0 Å². The molecule has 0 radical (unpaired) electrons. The first kappa shape index (κ1) is 13.7. The molecule has 0 aliphatic rings. The highest BCUT2D eigenvalue weighted by molar-refractivity contribution is 7.20. The smallest absolute Gasteiger partial charge is 0.348 e. The molecular weight excluding hydrogens is 264 g/mol. The van der Waals surface area contributed by atoms with Gasteiger partial charge in [-0.15, -0.1) is 11.3 Å². The van der Waals surface area contributed by atoms with Crippen molar-refractivity contribution in [2.75, 3.05) is 7.11 Å². The molecule has 19 heavy (non-hydrogen) atoms. The van der Waals surface area contributed by atoms with E-state index >= 15 is 0 Å². The Hall–Kier alpha value is -1.75. The van der Waals surface area contributed by atoms with E-state index in [4.69, 9.17) is 9.47 Å². The van der Waals surface area contributed by atoms with Crippen molar-refractivity contribution in [1.82, 2.24) is 0 Å². The Morgan fingerprint density at radius 1 is 1.26 bits per heavy atom. The lowest BCUT2D eigenvalue weighted by Gasteiger charge is -2.18. The molecule has 4 nitrogen and oxygen atoms in total. The summed E-state index contributed by atoms with van der Waals surface area (Å²) in [7, 11) is 1.49. The fraction of sp³-hybridized carbons (Fsp3) is 0.357. The predicted molar refractivity (Wildman–Crippen MR) is 75.2 cm³/mol. The summed E-state index contributed by atoms with van der Waals surface area (Å²) in [5.74, 6) is 0.0979. The van der Waals surface area contributed by atoms with Crippen molar-refractivity contribution in [1.29, 1.82) is 0 Å². The number of carbonyl (C=O) groups is 1. The standard InChI is InChI=1S/C14H16O4S/c1-14(2,3)18-13(16)12-6-8-5-9(15)10(17-4)7-11(8)19-12/h5-7,15H,1-4H3. The van der Waals surface area contributed by atoms with Gasteiger partial charge in [0.25, 0.3) is 0 Å². The van der Waals surface area contributed by atoms with E-state index in [0.29, 0.717) is 10.6 Å². The van der Waals surface area contributed by atoms with Gasteiger partial charge in [0.2, 0.25) is 0 Å². The summed E-state index contributed by atoms with van der Waals surface area (Å²) in [6.07, 6.45) is 0. The number of aromatic hydroxyl groups is 1. The van der Waals surface area contributed by atoms with Crippen LogP contribution in [0.3, 0.4) is 0 Å². The van der Waals surface area contributed by atoms with Crippen LogP contribution in [-0.2, 0) is 4.74 Å². The van der Waals surface area contributed by atoms with Gasteiger partial charge in [-0.2, -0.15) is 0 Å². The molecule has 0 aliphatic heterocycles. The zero-order valence-electron chi connectivity index (χ0n) is 11.3. The molecule has 5 heteroatoms. The highest BCUT2D eigenvalue weighted by Crippen LogP contribution is 2.36. The molecule has 1 aromatic heterocycles. The quantitative estimate of drug-likeness (QED) is 0.854. The van der Waals surface area contributed by atoms with Gasteiger partial charge in [-0.3, -0.25) is 0 Å². The van der Waals surface area contributed by atoms with Crippen molar-refractivity contribution >= 4 is 27.4 Å². The first-order valence-electron chi connectivity index (χ1n) is 5.84. The molecule has 0 bridgehead atoms. The van der Waals surface area contributed by atoms with Crippen molar-refractivity contribution in [2.45, 2.75) is 26.4 Å². The topological polar surface area (TPSA) is 55.8 Å². The number of hydrogen-bond acceptors (Lipinski definition) is 5. The second-order valence-electron chi connectivity index (χ2n) is 5.17. The van der Waals surface area contributed by atoms with Crippen LogP contribution in [0.4, 0.5) is 0 Å². The van der Waals surface area contributed by atoms with Crippen LogP contribution < -0.4 is 4.74 Å². The number of esters is 1. The maximum atomic E-state index is 12.0. The van der Waals surface area contributed by atoms with Crippen LogP contribution in [0.25, 0.3) is 10.1 Å². The zero-order chi connectivity index (χ0) is 14.2. The van der Waals surface area contributed by atoms with E-state index in [9.17, 15) is 9.90 Å². The summed E-state index contributed by atoms with van der Waals surface area (Å²) >= 11 is 1.32. The van der Waals surface area contributed by atoms with Crippen LogP contribution in [-0.4, -0.2) is 23.8 Å². The van der Waals surface area contributed by atoms with Crippen LogP contribution in [0, 0.1) is 0 Å². The Morgan fingerprint density at radius 3 is 2.53 bits per heavy atom. The molecule has 0 amide bonds. The lowest BCUT2D eigenvalue weighted by molar-refractivity contribution is 0.00753. The minimum atomic E-state index is -0.521. The van der Waals surface area contributed by atoms with Crippen LogP contribution in [0.5, 0.6) is 11.5 Å². The minimum absolute atomic E-state index is 0.0588. The largest absolute Gasteiger partial charge is 0.504 e. The molecule has 2 rings (SSSR count). The lowest BCUT2D eigenvalue weighted by Crippen LogP contribution is -2.23. The summed E-state index contributed by atoms with van der Waals surface area (Å²) in [6, 6.07) is 5.01. The number of ether oxygens (including phenoxy) is 2. The maximum absolute atomic E-state index is 12.0. The van der Waals surface area contributed by atoms with Crippen molar-refractivity contribution in [3.8, 4) is 11.5 Å². The molecule has 0 fully saturated rings. The third kappa shape index (κ3) is 2.98. The molecule has 0 spiro atoms. The highest BCUT2D eigenvalue weighted by Gasteiger charge is 2.20. The summed E-state index contributed by atoms with van der Waals surface area (Å²) in [5.41, 5.74) is -0.521. The Morgan fingerprint density at radius 2 is 1.95 bits per heavy atom. The molecule has 0 aliphatic carbocycles. The average molecular weight is 280 g/mol. The van der Waals surface area contributed by atoms with E-state index in [0.717, 1.165) is 10.1 Å². The van der Waals surface area contributed by atoms with Crippen molar-refractivity contribution in [2.24, 2.45) is 0 Å². The van der Waals surface area contributed by atoms with Gasteiger partial charge in [0.05, 0.1) is 7.11 Å². The molecule has 102 valence electrons. The minimum Gasteiger partial charge on any atom is -0.504 e. The highest BCUT2D eigenvalue weighted by atomic mass is 32.1. The van der Waals surface area contributed by atoms with Crippen molar-refractivity contribution < 1.29 is 19.4 Å². The number of thiophene rings is 1. The normalized spacial score (nSPS) is 11.6. The lowest BCUT2D eigenvalue weighted by atomic mass is 10.2. The monoisotopic (exact) mass is 280 g/mol. The van der Waals surface area contributed by atoms with E-state index in [1.165, 1.54) is 18.4 Å². The number of methoxy groups -OCH3 is 1. The molecule has 1 N–H and O–H groups in total. The van der Waals surface area contributed by atoms with Crippen LogP contribution in [0.2, 0.25) is 0 Å². The van der Waals surface area contributed by atoms with Crippen molar-refractivity contribution in [3.05, 3.63) is 23.1 Å². The van der Waals surface area contributed by atoms with Gasteiger partial charge in [-0.25, -0.2) is 4.79 Å². The molecule has 0 saturated heterocycles. The zero-order valence-corrected chi connectivity index (χ0v) is 12.1. The van der Waals surface area contributed by atoms with Gasteiger partial charge in [0.1, 0.15) is 10.5 Å². The predicted octanol–water partition coefficient (Wildman–Crippen LogP) is 3.57. The number of fused-ring (bicyclic) bond motifs is 1. The molecule has 2 aromatic rings. The van der Waals surface area contributed by atoms with Gasteiger partial charge < -0.3 is 14.6 Å². The Kier molecular flexibility index (Phi) is 3.41. The van der Waals surface area contributed by atoms with Gasteiger partial charge in [0.15, 0.2) is 11.5 Å². The fourth-order valence-corrected chi connectivity index (χ4v) is 2.60. The first-order valence-corrected chi connectivity index (χ1v) is 6.66. The van der Waals surface area contributed by atoms with Gasteiger partial charge in [-0.05, 0) is 38.3 Å². The summed E-state index contributed by atoms with van der Waals surface area (Å²) in [5, 5.41) is 10.5. The van der Waals surface area contributed by atoms with Crippen LogP contribution in [0.1, 0.15) is 30.4 Å². The second kappa shape index (κ2) is 4.74. The molecular formula is C14H16O4S. The van der Waals surface area contributed by atoms with Gasteiger partial charge in [-0.1, -0.05) is 0 Å². The third-order valence-corrected chi connectivity index (χ3v) is 3.50. The third-order valence-electron chi connectivity index (χ3n) is 2.42. The number of rotatable bonds is 2. The number of carbonyl (C=O) groups excluding carboxylic acids is 1. The summed E-state index contributed by atoms with van der Waals surface area (Å²) in [6.45, 7) is 5.48. The van der Waals surface area contributed by atoms with E-state index in [-0.39, 0.29) is 11.7 Å². The fourth-order valence-electron chi connectivity index (χ4n) is 1.65. The number of phenolic OH excluding ortho intramolecular Hbond substituents is 1. The first-order chi connectivity index (χ1) is 8.80. The van der Waals surface area contributed by atoms with E-state index in [1.54, 1.807) is 18.2 Å². The Labute approximate surface area is 115 Å². The molecule has 0 atom stereocenters. The molecule has 1 aromatic carbocycles. The number of benzene rings is 1. The van der Waals surface area contributed by atoms with Crippen molar-refractivity contribution in [3.63, 3.8) is 0 Å². The van der Waals surface area contributed by atoms with E-state index in [1.807, 2.05) is 20.8 Å². The summed E-state index contributed by atoms with van der Waals surface area (Å²) < 4.78 is 11.2. The van der Waals surface area contributed by atoms with Crippen LogP contribution >= 0.6 is 11.3 Å². The molecule has 0 unspecified atom stereocenters. The molecule has 0 saturated carbocycles. The SMILES string of the molecule is COc1cc2sc(C(=O)OC(C)(C)C)cc2cc1O. The summed E-state index contributed by atoms with van der Waals surface area (Å²) in [4.78, 5) is 12.5.